The normalized spacial score (nSPS) is 20.7. The number of aliphatic carboxylic acids is 1. The number of hydrogen-bond acceptors (Lipinski definition) is 11. The monoisotopic (exact) mass is 473 g/mol. The van der Waals surface area contributed by atoms with Crippen molar-refractivity contribution in [1.29, 1.82) is 0 Å². The van der Waals surface area contributed by atoms with Crippen LogP contribution in [-0.4, -0.2) is 75.3 Å². The molecule has 0 unspecified atom stereocenters. The summed E-state index contributed by atoms with van der Waals surface area (Å²) in [6.07, 6.45) is 0. The lowest BCUT2D eigenvalue weighted by Crippen LogP contribution is -2.71. The van der Waals surface area contributed by atoms with Gasteiger partial charge in [0, 0.05) is 18.2 Å². The minimum Gasteiger partial charge on any atom is -0.477 e. The summed E-state index contributed by atoms with van der Waals surface area (Å²) in [6, 6.07) is -1.09. The Hall–Kier alpha value is -3.20. The highest BCUT2D eigenvalue weighted by Gasteiger charge is 2.54. The van der Waals surface area contributed by atoms with E-state index in [0.717, 1.165) is 12.0 Å². The molecule has 1 aromatic rings. The number of carboxylic acid groups (broad SMARTS) is 1. The van der Waals surface area contributed by atoms with Gasteiger partial charge in [-0.1, -0.05) is 16.5 Å². The van der Waals surface area contributed by atoms with Gasteiger partial charge in [-0.15, -0.1) is 11.8 Å². The fraction of sp³-hybridized carbons (Fsp3) is 0.375. The molecule has 2 amide bonds. The quantitative estimate of drug-likeness (QED) is 0.203. The van der Waals surface area contributed by atoms with Gasteiger partial charge < -0.3 is 25.7 Å². The summed E-state index contributed by atoms with van der Waals surface area (Å²) in [5.41, 5.74) is 4.44. The number of carbonyl (C=O) groups is 4. The predicted molar refractivity (Wildman–Crippen MR) is 106 cm³/mol. The van der Waals surface area contributed by atoms with Gasteiger partial charge in [-0.2, -0.15) is 4.39 Å². The minimum absolute atomic E-state index is 0.130. The fourth-order valence-electron chi connectivity index (χ4n) is 2.94. The number of carboxylic acids is 1. The molecule has 0 spiro atoms. The number of thioether (sulfide) groups is 1. The Morgan fingerprint density at radius 1 is 1.45 bits per heavy atom. The van der Waals surface area contributed by atoms with E-state index >= 15 is 0 Å². The maximum absolute atomic E-state index is 14.0. The molecule has 3 heterocycles. The molecule has 0 aromatic carbocycles. The van der Waals surface area contributed by atoms with Gasteiger partial charge in [0.05, 0.1) is 0 Å². The first-order valence-corrected chi connectivity index (χ1v) is 10.4. The number of hydrogen-bond donors (Lipinski definition) is 3. The Kier molecular flexibility index (Phi) is 6.45. The number of fused-ring (bicyclic) bond motifs is 1. The number of nitrogens with two attached hydrogens (primary N) is 1. The Bertz CT molecular complexity index is 1020. The lowest BCUT2D eigenvalue weighted by Gasteiger charge is -2.49. The van der Waals surface area contributed by atoms with Gasteiger partial charge in [0.2, 0.25) is 5.13 Å². The van der Waals surface area contributed by atoms with Gasteiger partial charge >= 0.3 is 11.9 Å². The molecular weight excluding hydrogens is 457 g/mol. The maximum Gasteiger partial charge on any atom is 0.352 e. The number of aromatic nitrogens is 1. The van der Waals surface area contributed by atoms with Crippen LogP contribution < -0.4 is 11.1 Å². The molecule has 2 aliphatic heterocycles. The van der Waals surface area contributed by atoms with E-state index in [1.165, 1.54) is 18.7 Å². The molecule has 31 heavy (non-hydrogen) atoms. The van der Waals surface area contributed by atoms with Crippen molar-refractivity contribution in [3.8, 4) is 0 Å². The van der Waals surface area contributed by atoms with Gasteiger partial charge in [0.25, 0.3) is 11.8 Å². The van der Waals surface area contributed by atoms with Crippen molar-refractivity contribution in [2.45, 2.75) is 18.3 Å². The van der Waals surface area contributed by atoms with E-state index in [-0.39, 0.29) is 28.8 Å². The topological polar surface area (TPSA) is 174 Å². The van der Waals surface area contributed by atoms with Crippen LogP contribution in [0.3, 0.4) is 0 Å². The van der Waals surface area contributed by atoms with Crippen molar-refractivity contribution < 1.29 is 38.2 Å². The Labute approximate surface area is 182 Å². The van der Waals surface area contributed by atoms with Crippen LogP contribution in [0.25, 0.3) is 0 Å². The summed E-state index contributed by atoms with van der Waals surface area (Å²) in [5, 5.41) is 13.7. The molecule has 1 fully saturated rings. The number of rotatable bonds is 7. The van der Waals surface area contributed by atoms with Crippen molar-refractivity contribution >= 4 is 57.7 Å². The molecule has 3 rings (SSSR count). The summed E-state index contributed by atoms with van der Waals surface area (Å²) < 4.78 is 18.9. The predicted octanol–water partition coefficient (Wildman–Crippen LogP) is -0.483. The number of esters is 1. The second kappa shape index (κ2) is 8.89. The van der Waals surface area contributed by atoms with Gasteiger partial charge in [0.15, 0.2) is 10.8 Å². The van der Waals surface area contributed by atoms with Gasteiger partial charge in [-0.25, -0.2) is 9.78 Å². The largest absolute Gasteiger partial charge is 0.477 e. The zero-order valence-corrected chi connectivity index (χ0v) is 17.7. The molecule has 166 valence electrons. The van der Waals surface area contributed by atoms with E-state index in [0.29, 0.717) is 11.3 Å². The van der Waals surface area contributed by atoms with Crippen LogP contribution in [0.5, 0.6) is 0 Å². The molecule has 2 aliphatic rings. The average Bonchev–Trinajstić information content (AvgIpc) is 3.04. The SMILES string of the molecule is CON=C(C(=O)N[C@@H]1C(=O)N2C(C(=O)O)=C(COC(C)=O)CS[C@H]12)c1nc(N)sc1F. The average molecular weight is 473 g/mol. The number of nitrogen functional groups attached to an aromatic ring is 1. The first kappa shape index (κ1) is 22.5. The molecule has 15 heteroatoms. The molecule has 0 aliphatic carbocycles. The van der Waals surface area contributed by atoms with Gasteiger partial charge in [-0.05, 0) is 0 Å². The molecule has 1 saturated heterocycles. The number of thiazole rings is 1. The molecule has 2 atom stereocenters. The highest BCUT2D eigenvalue weighted by molar-refractivity contribution is 8.00. The Balaban J connectivity index is 1.79. The highest BCUT2D eigenvalue weighted by Crippen LogP contribution is 2.40. The Morgan fingerprint density at radius 3 is 2.71 bits per heavy atom. The highest BCUT2D eigenvalue weighted by atomic mass is 32.2. The third kappa shape index (κ3) is 4.32. The molecule has 0 bridgehead atoms. The van der Waals surface area contributed by atoms with Crippen LogP contribution >= 0.6 is 23.1 Å². The number of oxime groups is 1. The molecule has 12 nitrogen and oxygen atoms in total. The molecule has 1 aromatic heterocycles. The zero-order chi connectivity index (χ0) is 22.9. The standard InChI is InChI=1S/C16H16FN5O7S2/c1-5(23)29-3-6-4-30-14-9(13(25)22(14)10(6)15(26)27)19-12(24)8(21-28-2)7-11(17)31-16(18)20-7/h9,14H,3-4H2,1-2H3,(H2,18,20)(H,19,24)(H,26,27)/t9-,14-/m1/s1. The van der Waals surface area contributed by atoms with E-state index in [9.17, 15) is 28.7 Å². The zero-order valence-electron chi connectivity index (χ0n) is 16.1. The number of anilines is 1. The second-order valence-corrected chi connectivity index (χ2v) is 8.28. The van der Waals surface area contributed by atoms with E-state index in [2.05, 4.69) is 20.3 Å². The summed E-state index contributed by atoms with van der Waals surface area (Å²) >= 11 is 1.68. The van der Waals surface area contributed by atoms with Crippen LogP contribution in [0.15, 0.2) is 16.4 Å². The summed E-state index contributed by atoms with van der Waals surface area (Å²) in [4.78, 5) is 57.3. The van der Waals surface area contributed by atoms with Crippen LogP contribution in [0, 0.1) is 5.13 Å². The van der Waals surface area contributed by atoms with Crippen molar-refractivity contribution in [2.24, 2.45) is 5.16 Å². The molecule has 0 radical (unpaired) electrons. The lowest BCUT2D eigenvalue weighted by molar-refractivity contribution is -0.150. The summed E-state index contributed by atoms with van der Waals surface area (Å²) in [6.45, 7) is 0.907. The maximum atomic E-state index is 14.0. The van der Waals surface area contributed by atoms with E-state index < -0.39 is 51.7 Å². The summed E-state index contributed by atoms with van der Waals surface area (Å²) in [7, 11) is 1.14. The second-order valence-electron chi connectivity index (χ2n) is 6.20. The summed E-state index contributed by atoms with van der Waals surface area (Å²) in [5.74, 6) is -3.45. The van der Waals surface area contributed by atoms with E-state index in [1.807, 2.05) is 0 Å². The van der Waals surface area contributed by atoms with Crippen LogP contribution in [0.1, 0.15) is 12.6 Å². The Morgan fingerprint density at radius 2 is 2.16 bits per heavy atom. The van der Waals surface area contributed by atoms with E-state index in [4.69, 9.17) is 10.5 Å². The minimum atomic E-state index is -1.37. The van der Waals surface area contributed by atoms with Crippen LogP contribution in [-0.2, 0) is 28.8 Å². The van der Waals surface area contributed by atoms with Crippen molar-refractivity contribution in [3.63, 3.8) is 0 Å². The fourth-order valence-corrected chi connectivity index (χ4v) is 4.83. The van der Waals surface area contributed by atoms with Gasteiger partial charge in [-0.3, -0.25) is 19.3 Å². The third-order valence-electron chi connectivity index (χ3n) is 4.21. The number of nitrogens with one attached hydrogen (secondary N) is 1. The molecule has 4 N–H and O–H groups in total. The van der Waals surface area contributed by atoms with Crippen LogP contribution in [0.2, 0.25) is 0 Å². The smallest absolute Gasteiger partial charge is 0.352 e. The van der Waals surface area contributed by atoms with Crippen LogP contribution in [0.4, 0.5) is 9.52 Å². The number of carbonyl (C=O) groups excluding carboxylic acids is 3. The first-order chi connectivity index (χ1) is 14.6. The van der Waals surface area contributed by atoms with Crippen molar-refractivity contribution in [1.82, 2.24) is 15.2 Å². The number of ether oxygens (including phenoxy) is 1. The van der Waals surface area contributed by atoms with Crippen molar-refractivity contribution in [3.05, 3.63) is 22.1 Å². The number of β-lactam (4-membered cyclic amide) rings is 1. The lowest BCUT2D eigenvalue weighted by atomic mass is 10.0. The van der Waals surface area contributed by atoms with Crippen molar-refractivity contribution in [2.75, 3.05) is 25.2 Å². The van der Waals surface area contributed by atoms with Gasteiger partial charge in [0.1, 0.15) is 36.5 Å². The van der Waals surface area contributed by atoms with E-state index in [1.54, 1.807) is 0 Å². The third-order valence-corrected chi connectivity index (χ3v) is 6.22. The molecular formula is C16H16FN5O7S2. The number of nitrogens with zero attached hydrogens (tertiary/aromatic N) is 3. The number of amides is 2. The molecule has 0 saturated carbocycles. The number of halogens is 1. The first-order valence-electron chi connectivity index (χ1n) is 8.53.